The van der Waals surface area contributed by atoms with Crippen LogP contribution in [-0.2, 0) is 5.41 Å². The van der Waals surface area contributed by atoms with Crippen molar-refractivity contribution in [3.8, 4) is 0 Å². The van der Waals surface area contributed by atoms with Gasteiger partial charge >= 0.3 is 0 Å². The summed E-state index contributed by atoms with van der Waals surface area (Å²) in [6.07, 6.45) is 5.35. The van der Waals surface area contributed by atoms with E-state index in [1.54, 1.807) is 0 Å². The first-order valence-corrected chi connectivity index (χ1v) is 7.84. The molecule has 1 atom stereocenters. The van der Waals surface area contributed by atoms with Gasteiger partial charge in [-0.1, -0.05) is 12.1 Å². The van der Waals surface area contributed by atoms with Crippen LogP contribution in [0, 0.1) is 0 Å². The van der Waals surface area contributed by atoms with Crippen LogP contribution in [0.2, 0.25) is 0 Å². The lowest BCUT2D eigenvalue weighted by molar-refractivity contribution is 0.124. The fourth-order valence-corrected chi connectivity index (χ4v) is 3.55. The second kappa shape index (κ2) is 5.38. The lowest BCUT2D eigenvalue weighted by Crippen LogP contribution is -2.47. The highest BCUT2D eigenvalue weighted by molar-refractivity contribution is 5.43. The van der Waals surface area contributed by atoms with Gasteiger partial charge < -0.3 is 15.5 Å². The lowest BCUT2D eigenvalue weighted by Gasteiger charge is -2.38. The number of rotatable bonds is 4. The number of benzene rings is 1. The van der Waals surface area contributed by atoms with E-state index in [4.69, 9.17) is 5.73 Å². The zero-order valence-electron chi connectivity index (χ0n) is 12.8. The van der Waals surface area contributed by atoms with Gasteiger partial charge in [-0.2, -0.15) is 0 Å². The summed E-state index contributed by atoms with van der Waals surface area (Å²) in [5.74, 6) is 0. The van der Waals surface area contributed by atoms with Gasteiger partial charge in [-0.05, 0) is 64.0 Å². The molecule has 3 heteroatoms. The molecule has 1 aromatic rings. The number of likely N-dealkylation sites (tertiary alicyclic amines) is 1. The van der Waals surface area contributed by atoms with Gasteiger partial charge in [0, 0.05) is 30.2 Å². The molecule has 3 rings (SSSR count). The Bertz CT molecular complexity index is 448. The Kier molecular flexibility index (Phi) is 3.74. The summed E-state index contributed by atoms with van der Waals surface area (Å²) >= 11 is 0. The fourth-order valence-electron chi connectivity index (χ4n) is 3.55. The molecule has 2 N–H and O–H groups in total. The highest BCUT2D eigenvalue weighted by Crippen LogP contribution is 2.49. The van der Waals surface area contributed by atoms with Gasteiger partial charge in [-0.25, -0.2) is 0 Å². The van der Waals surface area contributed by atoms with Crippen molar-refractivity contribution in [3.63, 3.8) is 0 Å². The highest BCUT2D eigenvalue weighted by Gasteiger charge is 2.45. The molecule has 0 aromatic heterocycles. The van der Waals surface area contributed by atoms with Crippen molar-refractivity contribution in [2.24, 2.45) is 0 Å². The van der Waals surface area contributed by atoms with Crippen molar-refractivity contribution in [2.75, 3.05) is 39.5 Å². The molecule has 1 aliphatic carbocycles. The molecule has 1 saturated heterocycles. The third-order valence-electron chi connectivity index (χ3n) is 5.11. The van der Waals surface area contributed by atoms with Crippen LogP contribution in [-0.4, -0.2) is 49.6 Å². The zero-order valence-corrected chi connectivity index (χ0v) is 12.8. The van der Waals surface area contributed by atoms with E-state index >= 15 is 0 Å². The van der Waals surface area contributed by atoms with Crippen molar-refractivity contribution >= 4 is 5.69 Å². The molecule has 1 aliphatic heterocycles. The van der Waals surface area contributed by atoms with E-state index in [0.717, 1.165) is 11.7 Å². The van der Waals surface area contributed by atoms with Crippen LogP contribution < -0.4 is 5.73 Å². The molecule has 1 saturated carbocycles. The summed E-state index contributed by atoms with van der Waals surface area (Å²) in [7, 11) is 4.42. The molecular formula is C17H27N3. The molecule has 2 fully saturated rings. The van der Waals surface area contributed by atoms with Crippen LogP contribution >= 0.6 is 0 Å². The third-order valence-corrected chi connectivity index (χ3v) is 5.11. The van der Waals surface area contributed by atoms with E-state index in [9.17, 15) is 0 Å². The average Bonchev–Trinajstić information content (AvgIpc) is 3.20. The van der Waals surface area contributed by atoms with Gasteiger partial charge in [-0.15, -0.1) is 0 Å². The summed E-state index contributed by atoms with van der Waals surface area (Å²) < 4.78 is 0. The Morgan fingerprint density at radius 1 is 1.25 bits per heavy atom. The van der Waals surface area contributed by atoms with Gasteiger partial charge in [0.05, 0.1) is 0 Å². The van der Waals surface area contributed by atoms with E-state index in [1.807, 2.05) is 12.1 Å². The molecule has 110 valence electrons. The number of hydrogen-bond donors (Lipinski definition) is 1. The number of piperidine rings is 1. The van der Waals surface area contributed by atoms with Gasteiger partial charge in [0.2, 0.25) is 0 Å². The minimum atomic E-state index is 0.419. The van der Waals surface area contributed by atoms with Crippen LogP contribution in [0.15, 0.2) is 24.3 Å². The topological polar surface area (TPSA) is 32.5 Å². The Morgan fingerprint density at radius 2 is 1.95 bits per heavy atom. The maximum absolute atomic E-state index is 5.81. The third kappa shape index (κ3) is 2.84. The van der Waals surface area contributed by atoms with E-state index in [0.29, 0.717) is 5.41 Å². The molecule has 1 unspecified atom stereocenters. The summed E-state index contributed by atoms with van der Waals surface area (Å²) in [6.45, 7) is 3.71. The molecule has 0 spiro atoms. The summed E-state index contributed by atoms with van der Waals surface area (Å²) in [5, 5.41) is 0. The van der Waals surface area contributed by atoms with E-state index in [2.05, 4.69) is 36.0 Å². The Labute approximate surface area is 122 Å². The minimum Gasteiger partial charge on any atom is -0.399 e. The number of anilines is 1. The van der Waals surface area contributed by atoms with Crippen molar-refractivity contribution in [3.05, 3.63) is 29.8 Å². The Morgan fingerprint density at radius 3 is 2.55 bits per heavy atom. The predicted octanol–water partition coefficient (Wildman–Crippen LogP) is 2.33. The van der Waals surface area contributed by atoms with Crippen LogP contribution in [0.25, 0.3) is 0 Å². The first-order chi connectivity index (χ1) is 9.59. The molecule has 0 bridgehead atoms. The first-order valence-electron chi connectivity index (χ1n) is 7.84. The second-order valence-corrected chi connectivity index (χ2v) is 6.90. The maximum atomic E-state index is 5.81. The van der Waals surface area contributed by atoms with Gasteiger partial charge in [0.1, 0.15) is 0 Å². The number of nitrogens with zero attached hydrogens (tertiary/aromatic N) is 2. The van der Waals surface area contributed by atoms with Crippen molar-refractivity contribution in [2.45, 2.75) is 37.1 Å². The summed E-state index contributed by atoms with van der Waals surface area (Å²) in [5.41, 5.74) is 8.58. The molecule has 2 aliphatic rings. The normalized spacial score (nSPS) is 25.9. The number of hydrogen-bond acceptors (Lipinski definition) is 3. The average molecular weight is 273 g/mol. The zero-order chi connectivity index (χ0) is 14.2. The van der Waals surface area contributed by atoms with E-state index < -0.39 is 0 Å². The van der Waals surface area contributed by atoms with Crippen LogP contribution in [0.3, 0.4) is 0 Å². The standard InChI is InChI=1S/C17H27N3/c1-19(2)16-4-3-11-20(12-16)13-17(9-10-17)14-5-7-15(18)8-6-14/h5-8,16H,3-4,9-13,18H2,1-2H3. The SMILES string of the molecule is CN(C)C1CCCN(CC2(c3ccc(N)cc3)CC2)C1. The Balaban J connectivity index is 1.66. The highest BCUT2D eigenvalue weighted by atomic mass is 15.2. The molecule has 3 nitrogen and oxygen atoms in total. The first kappa shape index (κ1) is 13.9. The van der Waals surface area contributed by atoms with Crippen LogP contribution in [0.4, 0.5) is 5.69 Å². The van der Waals surface area contributed by atoms with Crippen LogP contribution in [0.5, 0.6) is 0 Å². The smallest absolute Gasteiger partial charge is 0.0314 e. The largest absolute Gasteiger partial charge is 0.399 e. The monoisotopic (exact) mass is 273 g/mol. The molecule has 1 aromatic carbocycles. The predicted molar refractivity (Wildman–Crippen MR) is 84.9 cm³/mol. The molecular weight excluding hydrogens is 246 g/mol. The fraction of sp³-hybridized carbons (Fsp3) is 0.647. The molecule has 0 radical (unpaired) electrons. The molecule has 20 heavy (non-hydrogen) atoms. The van der Waals surface area contributed by atoms with Gasteiger partial charge in [-0.3, -0.25) is 0 Å². The quantitative estimate of drug-likeness (QED) is 0.855. The van der Waals surface area contributed by atoms with Crippen LogP contribution in [0.1, 0.15) is 31.2 Å². The summed E-state index contributed by atoms with van der Waals surface area (Å²) in [6, 6.07) is 9.29. The number of likely N-dealkylation sites (N-methyl/N-ethyl adjacent to an activating group) is 1. The minimum absolute atomic E-state index is 0.419. The van der Waals surface area contributed by atoms with E-state index in [1.165, 1.54) is 50.9 Å². The van der Waals surface area contributed by atoms with Gasteiger partial charge in [0.25, 0.3) is 0 Å². The number of nitrogen functional groups attached to an aromatic ring is 1. The Hall–Kier alpha value is -1.06. The van der Waals surface area contributed by atoms with Crippen molar-refractivity contribution < 1.29 is 0 Å². The number of nitrogens with two attached hydrogens (primary N) is 1. The molecule has 0 amide bonds. The van der Waals surface area contributed by atoms with E-state index in [-0.39, 0.29) is 0 Å². The lowest BCUT2D eigenvalue weighted by atomic mass is 9.93. The van der Waals surface area contributed by atoms with Crippen molar-refractivity contribution in [1.82, 2.24) is 9.80 Å². The van der Waals surface area contributed by atoms with Gasteiger partial charge in [0.15, 0.2) is 0 Å². The molecule has 1 heterocycles. The second-order valence-electron chi connectivity index (χ2n) is 6.90. The summed E-state index contributed by atoms with van der Waals surface area (Å²) in [4.78, 5) is 5.06. The maximum Gasteiger partial charge on any atom is 0.0314 e. The van der Waals surface area contributed by atoms with Crippen molar-refractivity contribution in [1.29, 1.82) is 0 Å².